The smallest absolute Gasteiger partial charge is 0.241 e. The van der Waals surface area contributed by atoms with Crippen molar-refractivity contribution in [1.29, 1.82) is 0 Å². The lowest BCUT2D eigenvalue weighted by Gasteiger charge is -2.12. The van der Waals surface area contributed by atoms with Gasteiger partial charge in [0.05, 0.1) is 13.0 Å². The number of fused-ring (bicyclic) bond motifs is 1. The molecule has 0 fully saturated rings. The van der Waals surface area contributed by atoms with Gasteiger partial charge in [0, 0.05) is 6.54 Å². The zero-order chi connectivity index (χ0) is 19.1. The lowest BCUT2D eigenvalue weighted by molar-refractivity contribution is -0.122. The Morgan fingerprint density at radius 2 is 1.96 bits per heavy atom. The molecule has 0 bridgehead atoms. The second-order valence-corrected chi connectivity index (χ2v) is 6.32. The second-order valence-electron chi connectivity index (χ2n) is 5.91. The number of ether oxygens (including phenoxy) is 3. The lowest BCUT2D eigenvalue weighted by Crippen LogP contribution is -2.46. The molecule has 0 aromatic heterocycles. The van der Waals surface area contributed by atoms with Crippen molar-refractivity contribution in [2.75, 3.05) is 13.4 Å². The maximum absolute atomic E-state index is 11.9. The number of para-hydroxylation sites is 1. The van der Waals surface area contributed by atoms with E-state index in [0.29, 0.717) is 11.7 Å². The van der Waals surface area contributed by atoms with Crippen LogP contribution in [0.15, 0.2) is 42.5 Å². The monoisotopic (exact) mass is 387 g/mol. The number of rotatable bonds is 6. The van der Waals surface area contributed by atoms with Crippen LogP contribution in [0.4, 0.5) is 0 Å². The maximum atomic E-state index is 11.9. The van der Waals surface area contributed by atoms with E-state index in [1.807, 2.05) is 49.4 Å². The number of hydrazine groups is 1. The minimum atomic E-state index is -0.212. The van der Waals surface area contributed by atoms with Crippen LogP contribution >= 0.6 is 12.2 Å². The molecule has 0 spiro atoms. The first-order chi connectivity index (χ1) is 13.1. The number of benzene rings is 2. The third kappa shape index (κ3) is 5.49. The number of carbonyl (C=O) groups excluding carboxylic acids is 1. The van der Waals surface area contributed by atoms with E-state index in [1.165, 1.54) is 0 Å². The van der Waals surface area contributed by atoms with Gasteiger partial charge in [0.2, 0.25) is 12.7 Å². The maximum Gasteiger partial charge on any atom is 0.241 e. The highest BCUT2D eigenvalue weighted by Gasteiger charge is 2.13. The molecule has 8 heteroatoms. The molecule has 0 aliphatic carbocycles. The highest BCUT2D eigenvalue weighted by atomic mass is 32.1. The van der Waals surface area contributed by atoms with Crippen molar-refractivity contribution in [2.24, 2.45) is 0 Å². The number of aryl methyl sites for hydroxylation is 1. The van der Waals surface area contributed by atoms with Crippen molar-refractivity contribution in [1.82, 2.24) is 16.2 Å². The minimum absolute atomic E-state index is 0.212. The van der Waals surface area contributed by atoms with Crippen LogP contribution in [0.1, 0.15) is 17.5 Å². The minimum Gasteiger partial charge on any atom is -0.493 e. The van der Waals surface area contributed by atoms with E-state index < -0.39 is 0 Å². The van der Waals surface area contributed by atoms with E-state index in [-0.39, 0.29) is 25.7 Å². The quantitative estimate of drug-likeness (QED) is 0.518. The van der Waals surface area contributed by atoms with Crippen molar-refractivity contribution in [2.45, 2.75) is 19.9 Å². The third-order valence-corrected chi connectivity index (χ3v) is 4.13. The molecule has 1 amide bonds. The molecule has 0 unspecified atom stereocenters. The summed E-state index contributed by atoms with van der Waals surface area (Å²) in [6.45, 7) is 2.98. The molecular formula is C19H21N3O4S. The van der Waals surface area contributed by atoms with Crippen LogP contribution in [0.2, 0.25) is 0 Å². The zero-order valence-corrected chi connectivity index (χ0v) is 15.7. The fourth-order valence-electron chi connectivity index (χ4n) is 2.44. The molecular weight excluding hydrogens is 366 g/mol. The van der Waals surface area contributed by atoms with Crippen molar-refractivity contribution in [3.8, 4) is 17.2 Å². The third-order valence-electron chi connectivity index (χ3n) is 3.89. The molecule has 3 rings (SSSR count). The van der Waals surface area contributed by atoms with E-state index in [4.69, 9.17) is 26.4 Å². The van der Waals surface area contributed by atoms with Crippen molar-refractivity contribution in [3.05, 3.63) is 53.6 Å². The van der Waals surface area contributed by atoms with Crippen LogP contribution < -0.4 is 30.4 Å². The topological polar surface area (TPSA) is 80.9 Å². The zero-order valence-electron chi connectivity index (χ0n) is 14.9. The van der Waals surface area contributed by atoms with Crippen molar-refractivity contribution < 1.29 is 19.0 Å². The van der Waals surface area contributed by atoms with Gasteiger partial charge in [0.1, 0.15) is 5.75 Å². The van der Waals surface area contributed by atoms with Gasteiger partial charge in [-0.25, -0.2) is 0 Å². The summed E-state index contributed by atoms with van der Waals surface area (Å²) in [4.78, 5) is 11.9. The molecule has 142 valence electrons. The van der Waals surface area contributed by atoms with Crippen LogP contribution in [-0.2, 0) is 11.3 Å². The van der Waals surface area contributed by atoms with Gasteiger partial charge in [-0.05, 0) is 48.5 Å². The van der Waals surface area contributed by atoms with Gasteiger partial charge < -0.3 is 19.5 Å². The Morgan fingerprint density at radius 1 is 1.15 bits per heavy atom. The molecule has 1 heterocycles. The Hall–Kier alpha value is -3.00. The summed E-state index contributed by atoms with van der Waals surface area (Å²) in [5.74, 6) is 2.02. The van der Waals surface area contributed by atoms with Gasteiger partial charge in [-0.15, -0.1) is 0 Å². The average molecular weight is 387 g/mol. The summed E-state index contributed by atoms with van der Waals surface area (Å²) in [7, 11) is 0. The summed E-state index contributed by atoms with van der Waals surface area (Å²) in [5, 5.41) is 3.33. The van der Waals surface area contributed by atoms with E-state index >= 15 is 0 Å². The van der Waals surface area contributed by atoms with Crippen LogP contribution in [0, 0.1) is 6.92 Å². The van der Waals surface area contributed by atoms with E-state index in [0.717, 1.165) is 28.4 Å². The van der Waals surface area contributed by atoms with Crippen LogP contribution in [0.5, 0.6) is 17.2 Å². The van der Waals surface area contributed by atoms with Gasteiger partial charge in [0.25, 0.3) is 0 Å². The largest absolute Gasteiger partial charge is 0.493 e. The molecule has 2 aromatic rings. The number of thiocarbonyl (C=S) groups is 1. The lowest BCUT2D eigenvalue weighted by atomic mass is 10.2. The van der Waals surface area contributed by atoms with E-state index in [9.17, 15) is 4.79 Å². The van der Waals surface area contributed by atoms with Gasteiger partial charge in [-0.2, -0.15) is 0 Å². The summed E-state index contributed by atoms with van der Waals surface area (Å²) in [6, 6.07) is 13.3. The molecule has 27 heavy (non-hydrogen) atoms. The van der Waals surface area contributed by atoms with Crippen LogP contribution in [0.3, 0.4) is 0 Å². The van der Waals surface area contributed by atoms with Crippen molar-refractivity contribution >= 4 is 23.2 Å². The van der Waals surface area contributed by atoms with Gasteiger partial charge in [0.15, 0.2) is 16.6 Å². The van der Waals surface area contributed by atoms with Gasteiger partial charge in [-0.1, -0.05) is 24.3 Å². The molecule has 0 atom stereocenters. The summed E-state index contributed by atoms with van der Waals surface area (Å²) in [5.41, 5.74) is 7.24. The molecule has 0 radical (unpaired) electrons. The fourth-order valence-corrected chi connectivity index (χ4v) is 2.56. The highest BCUT2D eigenvalue weighted by Crippen LogP contribution is 2.32. The van der Waals surface area contributed by atoms with Crippen molar-refractivity contribution in [3.63, 3.8) is 0 Å². The molecule has 2 aromatic carbocycles. The van der Waals surface area contributed by atoms with E-state index in [2.05, 4.69) is 16.2 Å². The Labute approximate surface area is 163 Å². The fraction of sp³-hybridized carbons (Fsp3) is 0.263. The van der Waals surface area contributed by atoms with Gasteiger partial charge >= 0.3 is 0 Å². The van der Waals surface area contributed by atoms with E-state index in [1.54, 1.807) is 0 Å². The summed E-state index contributed by atoms with van der Waals surface area (Å²) < 4.78 is 16.2. The number of hydrogen-bond acceptors (Lipinski definition) is 5. The number of amides is 1. The Kier molecular flexibility index (Phi) is 6.32. The highest BCUT2D eigenvalue weighted by molar-refractivity contribution is 7.80. The second kappa shape index (κ2) is 9.09. The first-order valence-corrected chi connectivity index (χ1v) is 8.92. The summed E-state index contributed by atoms with van der Waals surface area (Å²) >= 11 is 5.15. The number of hydrogen-bond donors (Lipinski definition) is 3. The molecule has 1 aliphatic rings. The Bertz CT molecular complexity index is 828. The Morgan fingerprint density at radius 3 is 2.81 bits per heavy atom. The predicted octanol–water partition coefficient (Wildman–Crippen LogP) is 2.19. The molecule has 1 aliphatic heterocycles. The normalized spacial score (nSPS) is 11.6. The van der Waals surface area contributed by atoms with Crippen LogP contribution in [0.25, 0.3) is 0 Å². The average Bonchev–Trinajstić information content (AvgIpc) is 3.14. The predicted molar refractivity (Wildman–Crippen MR) is 105 cm³/mol. The SMILES string of the molecule is Cc1ccccc1OCCC(=O)NNC(=S)NCc1ccc2c(c1)OCO2. The van der Waals surface area contributed by atoms with Gasteiger partial charge in [-0.3, -0.25) is 15.6 Å². The van der Waals surface area contributed by atoms with Crippen LogP contribution in [-0.4, -0.2) is 24.4 Å². The summed E-state index contributed by atoms with van der Waals surface area (Å²) in [6.07, 6.45) is 0.214. The molecule has 0 saturated heterocycles. The standard InChI is InChI=1S/C19H21N3O4S/c1-13-4-2-3-5-15(13)24-9-8-18(23)21-22-19(27)20-11-14-6-7-16-17(10-14)26-12-25-16/h2-7,10H,8-9,11-12H2,1H3,(H,21,23)(H2,20,22,27). The number of carbonyl (C=O) groups is 1. The first kappa shape index (κ1) is 18.8. The number of nitrogens with one attached hydrogen (secondary N) is 3. The first-order valence-electron chi connectivity index (χ1n) is 8.51. The Balaban J connectivity index is 1.32. The molecule has 3 N–H and O–H groups in total. The molecule has 0 saturated carbocycles. The molecule has 7 nitrogen and oxygen atoms in total.